The lowest BCUT2D eigenvalue weighted by Crippen LogP contribution is -2.30. The minimum absolute atomic E-state index is 0.0530. The summed E-state index contributed by atoms with van der Waals surface area (Å²) in [5.41, 5.74) is 7.29. The number of likely N-dealkylation sites (N-methyl/N-ethyl adjacent to an activating group) is 1. The van der Waals surface area contributed by atoms with Crippen molar-refractivity contribution < 1.29 is 9.47 Å². The second-order valence-electron chi connectivity index (χ2n) is 4.83. The normalized spacial score (nSPS) is 12.5. The molecule has 19 heavy (non-hydrogen) atoms. The maximum Gasteiger partial charge on any atom is 0.127 e. The van der Waals surface area contributed by atoms with Crippen LogP contribution in [0.4, 0.5) is 0 Å². The van der Waals surface area contributed by atoms with E-state index in [1.165, 1.54) is 12.8 Å². The molecule has 1 aromatic carbocycles. The number of hydrogen-bond donors (Lipinski definition) is 1. The van der Waals surface area contributed by atoms with Gasteiger partial charge in [0.15, 0.2) is 0 Å². The SMILES string of the molecule is CCCCN(C)CC(N)c1ccc(OC)cc1OC. The summed E-state index contributed by atoms with van der Waals surface area (Å²) in [4.78, 5) is 2.26. The second-order valence-corrected chi connectivity index (χ2v) is 4.83. The molecule has 1 aromatic rings. The van der Waals surface area contributed by atoms with Crippen molar-refractivity contribution in [1.82, 2.24) is 4.90 Å². The Labute approximate surface area is 116 Å². The van der Waals surface area contributed by atoms with Gasteiger partial charge < -0.3 is 20.1 Å². The predicted octanol–water partition coefficient (Wildman–Crippen LogP) is 2.44. The molecule has 1 atom stereocenters. The van der Waals surface area contributed by atoms with Gasteiger partial charge in [0.25, 0.3) is 0 Å². The van der Waals surface area contributed by atoms with Crippen molar-refractivity contribution in [2.45, 2.75) is 25.8 Å². The Morgan fingerprint density at radius 3 is 2.58 bits per heavy atom. The fraction of sp³-hybridized carbons (Fsp3) is 0.600. The fourth-order valence-electron chi connectivity index (χ4n) is 2.08. The molecule has 0 radical (unpaired) electrons. The van der Waals surface area contributed by atoms with Crippen LogP contribution in [0.1, 0.15) is 31.4 Å². The van der Waals surface area contributed by atoms with E-state index in [0.29, 0.717) is 0 Å². The van der Waals surface area contributed by atoms with E-state index >= 15 is 0 Å². The van der Waals surface area contributed by atoms with Crippen LogP contribution in [0.15, 0.2) is 18.2 Å². The van der Waals surface area contributed by atoms with Crippen LogP contribution in [0.25, 0.3) is 0 Å². The van der Waals surface area contributed by atoms with E-state index in [-0.39, 0.29) is 6.04 Å². The molecule has 0 aliphatic heterocycles. The first kappa shape index (κ1) is 15.8. The average molecular weight is 266 g/mol. The molecule has 0 saturated carbocycles. The van der Waals surface area contributed by atoms with E-state index in [0.717, 1.165) is 30.2 Å². The third-order valence-electron chi connectivity index (χ3n) is 3.24. The molecule has 1 rings (SSSR count). The van der Waals surface area contributed by atoms with Gasteiger partial charge in [0.2, 0.25) is 0 Å². The minimum Gasteiger partial charge on any atom is -0.497 e. The summed E-state index contributed by atoms with van der Waals surface area (Å²) < 4.78 is 10.6. The molecule has 0 spiro atoms. The lowest BCUT2D eigenvalue weighted by atomic mass is 10.1. The Kier molecular flexibility index (Phi) is 6.67. The highest BCUT2D eigenvalue weighted by Gasteiger charge is 2.14. The topological polar surface area (TPSA) is 47.7 Å². The van der Waals surface area contributed by atoms with Gasteiger partial charge in [0.05, 0.1) is 14.2 Å². The highest BCUT2D eigenvalue weighted by atomic mass is 16.5. The second kappa shape index (κ2) is 8.02. The van der Waals surface area contributed by atoms with Gasteiger partial charge in [-0.2, -0.15) is 0 Å². The predicted molar refractivity (Wildman–Crippen MR) is 78.9 cm³/mol. The Bertz CT molecular complexity index is 382. The van der Waals surface area contributed by atoms with E-state index < -0.39 is 0 Å². The Hall–Kier alpha value is -1.26. The highest BCUT2D eigenvalue weighted by molar-refractivity contribution is 5.42. The number of rotatable bonds is 8. The number of unbranched alkanes of at least 4 members (excludes halogenated alkanes) is 1. The van der Waals surface area contributed by atoms with Crippen LogP contribution in [0, 0.1) is 0 Å². The van der Waals surface area contributed by atoms with Crippen LogP contribution in [0.3, 0.4) is 0 Å². The Balaban J connectivity index is 2.72. The maximum absolute atomic E-state index is 6.27. The van der Waals surface area contributed by atoms with Crippen molar-refractivity contribution in [3.05, 3.63) is 23.8 Å². The summed E-state index contributed by atoms with van der Waals surface area (Å²) in [5, 5.41) is 0. The molecule has 0 fully saturated rings. The lowest BCUT2D eigenvalue weighted by molar-refractivity contribution is 0.303. The molecule has 108 valence electrons. The summed E-state index contributed by atoms with van der Waals surface area (Å²) >= 11 is 0. The van der Waals surface area contributed by atoms with Gasteiger partial charge in [-0.15, -0.1) is 0 Å². The minimum atomic E-state index is -0.0530. The lowest BCUT2D eigenvalue weighted by Gasteiger charge is -2.22. The van der Waals surface area contributed by atoms with Gasteiger partial charge in [0.1, 0.15) is 11.5 Å². The Morgan fingerprint density at radius 2 is 2.00 bits per heavy atom. The molecule has 4 heteroatoms. The molecule has 0 bridgehead atoms. The van der Waals surface area contributed by atoms with Crippen LogP contribution in [-0.2, 0) is 0 Å². The molecular weight excluding hydrogens is 240 g/mol. The third-order valence-corrected chi connectivity index (χ3v) is 3.24. The van der Waals surface area contributed by atoms with Crippen molar-refractivity contribution >= 4 is 0 Å². The smallest absolute Gasteiger partial charge is 0.127 e. The van der Waals surface area contributed by atoms with E-state index in [4.69, 9.17) is 15.2 Å². The highest BCUT2D eigenvalue weighted by Crippen LogP contribution is 2.28. The van der Waals surface area contributed by atoms with E-state index in [9.17, 15) is 0 Å². The molecule has 0 aliphatic carbocycles. The summed E-state index contributed by atoms with van der Waals surface area (Å²) in [7, 11) is 5.41. The van der Waals surface area contributed by atoms with Crippen LogP contribution in [-0.4, -0.2) is 39.3 Å². The maximum atomic E-state index is 6.27. The van der Waals surface area contributed by atoms with Crippen molar-refractivity contribution in [3.8, 4) is 11.5 Å². The van der Waals surface area contributed by atoms with Gasteiger partial charge in [-0.05, 0) is 26.1 Å². The third kappa shape index (κ3) is 4.73. The summed E-state index contributed by atoms with van der Waals surface area (Å²) in [5.74, 6) is 1.57. The van der Waals surface area contributed by atoms with Crippen molar-refractivity contribution in [2.75, 3.05) is 34.4 Å². The van der Waals surface area contributed by atoms with E-state index in [1.54, 1.807) is 14.2 Å². The van der Waals surface area contributed by atoms with Crippen molar-refractivity contribution in [2.24, 2.45) is 5.73 Å². The van der Waals surface area contributed by atoms with Crippen molar-refractivity contribution in [3.63, 3.8) is 0 Å². The summed E-state index contributed by atoms with van der Waals surface area (Å²) in [6, 6.07) is 5.73. The fourth-order valence-corrected chi connectivity index (χ4v) is 2.08. The zero-order valence-electron chi connectivity index (χ0n) is 12.5. The first-order valence-corrected chi connectivity index (χ1v) is 6.78. The van der Waals surface area contributed by atoms with Crippen LogP contribution < -0.4 is 15.2 Å². The monoisotopic (exact) mass is 266 g/mol. The molecule has 4 nitrogen and oxygen atoms in total. The van der Waals surface area contributed by atoms with Gasteiger partial charge in [-0.25, -0.2) is 0 Å². The first-order chi connectivity index (χ1) is 9.12. The standard InChI is InChI=1S/C15H26N2O2/c1-5-6-9-17(2)11-14(16)13-8-7-12(18-3)10-15(13)19-4/h7-8,10,14H,5-6,9,11,16H2,1-4H3. The van der Waals surface area contributed by atoms with Gasteiger partial charge in [-0.3, -0.25) is 0 Å². The number of methoxy groups -OCH3 is 2. The Morgan fingerprint density at radius 1 is 1.26 bits per heavy atom. The number of nitrogens with zero attached hydrogens (tertiary/aromatic N) is 1. The molecule has 0 amide bonds. The number of benzene rings is 1. The van der Waals surface area contributed by atoms with Crippen LogP contribution >= 0.6 is 0 Å². The van der Waals surface area contributed by atoms with E-state index in [2.05, 4.69) is 18.9 Å². The molecule has 2 N–H and O–H groups in total. The summed E-state index contributed by atoms with van der Waals surface area (Å²) in [6.07, 6.45) is 2.40. The van der Waals surface area contributed by atoms with Crippen LogP contribution in [0.2, 0.25) is 0 Å². The van der Waals surface area contributed by atoms with Gasteiger partial charge >= 0.3 is 0 Å². The first-order valence-electron chi connectivity index (χ1n) is 6.78. The van der Waals surface area contributed by atoms with Gasteiger partial charge in [-0.1, -0.05) is 19.4 Å². The van der Waals surface area contributed by atoms with Crippen molar-refractivity contribution in [1.29, 1.82) is 0 Å². The molecular formula is C15H26N2O2. The average Bonchev–Trinajstić information content (AvgIpc) is 2.44. The quantitative estimate of drug-likeness (QED) is 0.785. The van der Waals surface area contributed by atoms with Crippen LogP contribution in [0.5, 0.6) is 11.5 Å². The summed E-state index contributed by atoms with van der Waals surface area (Å²) in [6.45, 7) is 4.09. The molecule has 0 aliphatic rings. The number of hydrogen-bond acceptors (Lipinski definition) is 4. The molecule has 1 unspecified atom stereocenters. The molecule has 0 heterocycles. The zero-order valence-corrected chi connectivity index (χ0v) is 12.5. The molecule has 0 aromatic heterocycles. The van der Waals surface area contributed by atoms with E-state index in [1.807, 2.05) is 18.2 Å². The largest absolute Gasteiger partial charge is 0.497 e. The number of nitrogens with two attached hydrogens (primary N) is 1. The molecule has 0 saturated heterocycles. The van der Waals surface area contributed by atoms with Gasteiger partial charge in [0, 0.05) is 24.2 Å². The number of ether oxygens (including phenoxy) is 2. The zero-order chi connectivity index (χ0) is 14.3.